The number of aliphatic imine (C=N–C) groups is 1. The summed E-state index contributed by atoms with van der Waals surface area (Å²) in [6.45, 7) is 6.25. The van der Waals surface area contributed by atoms with E-state index in [1.54, 1.807) is 7.05 Å². The third-order valence-electron chi connectivity index (χ3n) is 4.85. The highest BCUT2D eigenvalue weighted by Gasteiger charge is 2.19. The lowest BCUT2D eigenvalue weighted by molar-refractivity contribution is 0.206. The van der Waals surface area contributed by atoms with Gasteiger partial charge in [0.2, 0.25) is 0 Å². The van der Waals surface area contributed by atoms with E-state index in [0.29, 0.717) is 19.0 Å². The van der Waals surface area contributed by atoms with Crippen molar-refractivity contribution in [2.75, 3.05) is 39.0 Å². The van der Waals surface area contributed by atoms with Crippen molar-refractivity contribution >= 4 is 39.8 Å². The molecule has 0 amide bonds. The molecule has 1 aromatic rings. The molecule has 0 atom stereocenters. The van der Waals surface area contributed by atoms with Crippen molar-refractivity contribution in [2.24, 2.45) is 4.99 Å². The number of likely N-dealkylation sites (tertiary alicyclic amines) is 1. The Morgan fingerprint density at radius 1 is 1.21 bits per heavy atom. The lowest BCUT2D eigenvalue weighted by atomic mass is 10.1. The van der Waals surface area contributed by atoms with E-state index in [9.17, 15) is 8.42 Å². The van der Waals surface area contributed by atoms with Crippen molar-refractivity contribution in [3.8, 4) is 0 Å². The van der Waals surface area contributed by atoms with E-state index in [1.165, 1.54) is 13.0 Å². The largest absolute Gasteiger partial charge is 0.356 e. The van der Waals surface area contributed by atoms with Gasteiger partial charge in [-0.05, 0) is 37.8 Å². The number of sulfone groups is 1. The average Bonchev–Trinajstić information content (AvgIpc) is 2.66. The molecule has 28 heavy (non-hydrogen) atoms. The lowest BCUT2D eigenvalue weighted by Crippen LogP contribution is -2.49. The van der Waals surface area contributed by atoms with Gasteiger partial charge < -0.3 is 15.5 Å². The second-order valence-corrected chi connectivity index (χ2v) is 9.37. The van der Waals surface area contributed by atoms with Crippen LogP contribution in [0, 0.1) is 0 Å². The first-order valence-electron chi connectivity index (χ1n) is 9.96. The molecule has 2 rings (SSSR count). The minimum atomic E-state index is -3.08. The Kier molecular flexibility index (Phi) is 12.0. The number of nitrogens with zero attached hydrogens (tertiary/aromatic N) is 2. The molecule has 0 aliphatic carbocycles. The topological polar surface area (TPSA) is 73.8 Å². The van der Waals surface area contributed by atoms with E-state index in [4.69, 9.17) is 0 Å². The van der Waals surface area contributed by atoms with Crippen LogP contribution in [0.15, 0.2) is 35.3 Å². The first-order valence-corrected chi connectivity index (χ1v) is 11.8. The van der Waals surface area contributed by atoms with E-state index in [-0.39, 0.29) is 35.5 Å². The van der Waals surface area contributed by atoms with E-state index in [2.05, 4.69) is 27.4 Å². The normalized spacial score (nSPS) is 16.4. The standard InChI is InChI=1S/C20H34N4O2S.HI/c1-3-13-24-14-10-19(11-15-24)23-20(21-2)22-12-7-16-27(25,26)17-18-8-5-4-6-9-18;/h4-6,8-9,19H,3,7,10-17H2,1-2H3,(H2,21,22,23);1H. The van der Waals surface area contributed by atoms with Crippen LogP contribution in [-0.2, 0) is 15.6 Å². The second kappa shape index (κ2) is 13.4. The molecule has 0 unspecified atom stereocenters. The zero-order valence-electron chi connectivity index (χ0n) is 17.1. The van der Waals surface area contributed by atoms with Crippen LogP contribution in [0.1, 0.15) is 38.2 Å². The van der Waals surface area contributed by atoms with Crippen molar-refractivity contribution in [1.82, 2.24) is 15.5 Å². The predicted molar refractivity (Wildman–Crippen MR) is 128 cm³/mol. The van der Waals surface area contributed by atoms with Gasteiger partial charge in [0, 0.05) is 32.7 Å². The molecule has 1 saturated heterocycles. The molecule has 1 fully saturated rings. The fourth-order valence-electron chi connectivity index (χ4n) is 3.40. The van der Waals surface area contributed by atoms with Gasteiger partial charge >= 0.3 is 0 Å². The van der Waals surface area contributed by atoms with Gasteiger partial charge in [-0.1, -0.05) is 37.3 Å². The number of hydrogen-bond acceptors (Lipinski definition) is 4. The quantitative estimate of drug-likeness (QED) is 0.226. The van der Waals surface area contributed by atoms with Gasteiger partial charge in [0.1, 0.15) is 0 Å². The van der Waals surface area contributed by atoms with Crippen LogP contribution < -0.4 is 10.6 Å². The molecule has 1 aromatic carbocycles. The van der Waals surface area contributed by atoms with Gasteiger partial charge in [-0.3, -0.25) is 4.99 Å². The molecule has 0 aromatic heterocycles. The summed E-state index contributed by atoms with van der Waals surface area (Å²) in [5.74, 6) is 1.06. The number of guanidine groups is 1. The van der Waals surface area contributed by atoms with Crippen LogP contribution in [0.25, 0.3) is 0 Å². The fourth-order valence-corrected chi connectivity index (χ4v) is 4.83. The summed E-state index contributed by atoms with van der Waals surface area (Å²) < 4.78 is 24.5. The number of rotatable bonds is 9. The molecule has 0 saturated carbocycles. The van der Waals surface area contributed by atoms with E-state index < -0.39 is 9.84 Å². The molecule has 0 radical (unpaired) electrons. The van der Waals surface area contributed by atoms with Crippen LogP contribution in [0.3, 0.4) is 0 Å². The third kappa shape index (κ3) is 9.56. The monoisotopic (exact) mass is 522 g/mol. The highest BCUT2D eigenvalue weighted by atomic mass is 127. The molecular weight excluding hydrogens is 487 g/mol. The maximum Gasteiger partial charge on any atom is 0.191 e. The molecule has 1 heterocycles. The van der Waals surface area contributed by atoms with Gasteiger partial charge in [-0.2, -0.15) is 0 Å². The number of piperidine rings is 1. The van der Waals surface area contributed by atoms with Crippen LogP contribution in [0.5, 0.6) is 0 Å². The maximum absolute atomic E-state index is 12.2. The Hall–Kier alpha value is -0.870. The lowest BCUT2D eigenvalue weighted by Gasteiger charge is -2.32. The molecule has 1 aliphatic rings. The first kappa shape index (κ1) is 25.2. The molecule has 8 heteroatoms. The zero-order valence-corrected chi connectivity index (χ0v) is 20.2. The summed E-state index contributed by atoms with van der Waals surface area (Å²) in [7, 11) is -1.33. The van der Waals surface area contributed by atoms with Gasteiger partial charge in [0.25, 0.3) is 0 Å². The van der Waals surface area contributed by atoms with Crippen molar-refractivity contribution in [2.45, 2.75) is 44.4 Å². The summed E-state index contributed by atoms with van der Waals surface area (Å²) in [6, 6.07) is 9.78. The molecule has 1 aliphatic heterocycles. The highest BCUT2D eigenvalue weighted by molar-refractivity contribution is 14.0. The van der Waals surface area contributed by atoms with Crippen molar-refractivity contribution in [3.63, 3.8) is 0 Å². The smallest absolute Gasteiger partial charge is 0.191 e. The van der Waals surface area contributed by atoms with Crippen molar-refractivity contribution in [3.05, 3.63) is 35.9 Å². The second-order valence-electron chi connectivity index (χ2n) is 7.19. The van der Waals surface area contributed by atoms with E-state index in [1.807, 2.05) is 30.3 Å². The third-order valence-corrected chi connectivity index (χ3v) is 6.53. The predicted octanol–water partition coefficient (Wildman–Crippen LogP) is 2.65. The summed E-state index contributed by atoms with van der Waals surface area (Å²) in [6.07, 6.45) is 4.01. The first-order chi connectivity index (χ1) is 13.0. The van der Waals surface area contributed by atoms with Gasteiger partial charge in [0.05, 0.1) is 11.5 Å². The van der Waals surface area contributed by atoms with Crippen LogP contribution in [-0.4, -0.2) is 64.3 Å². The van der Waals surface area contributed by atoms with Crippen LogP contribution in [0.2, 0.25) is 0 Å². The van der Waals surface area contributed by atoms with Gasteiger partial charge in [-0.15, -0.1) is 24.0 Å². The van der Waals surface area contributed by atoms with Crippen LogP contribution in [0.4, 0.5) is 0 Å². The van der Waals surface area contributed by atoms with Gasteiger partial charge in [0.15, 0.2) is 15.8 Å². The minimum Gasteiger partial charge on any atom is -0.356 e. The highest BCUT2D eigenvalue weighted by Crippen LogP contribution is 2.10. The SMILES string of the molecule is CCCN1CCC(NC(=NC)NCCCS(=O)(=O)Cc2ccccc2)CC1.I. The summed E-state index contributed by atoms with van der Waals surface area (Å²) in [5, 5.41) is 6.72. The Balaban J connectivity index is 0.00000392. The Morgan fingerprint density at radius 3 is 2.50 bits per heavy atom. The molecule has 6 nitrogen and oxygen atoms in total. The molecule has 160 valence electrons. The zero-order chi connectivity index (χ0) is 19.5. The molecule has 2 N–H and O–H groups in total. The minimum absolute atomic E-state index is 0. The van der Waals surface area contributed by atoms with Crippen molar-refractivity contribution < 1.29 is 8.42 Å². The summed E-state index contributed by atoms with van der Waals surface area (Å²) in [4.78, 5) is 6.78. The average molecular weight is 522 g/mol. The number of nitrogens with one attached hydrogen (secondary N) is 2. The number of halogens is 1. The Bertz CT molecular complexity index is 675. The van der Waals surface area contributed by atoms with Crippen LogP contribution >= 0.6 is 24.0 Å². The van der Waals surface area contributed by atoms with Crippen molar-refractivity contribution in [1.29, 1.82) is 0 Å². The van der Waals surface area contributed by atoms with E-state index >= 15 is 0 Å². The Morgan fingerprint density at radius 2 is 1.89 bits per heavy atom. The summed E-state index contributed by atoms with van der Waals surface area (Å²) >= 11 is 0. The van der Waals surface area contributed by atoms with Gasteiger partial charge in [-0.25, -0.2) is 8.42 Å². The number of hydrogen-bond donors (Lipinski definition) is 2. The molecular formula is C20H35IN4O2S. The Labute approximate surface area is 187 Å². The fraction of sp³-hybridized carbons (Fsp3) is 0.650. The number of benzene rings is 1. The molecule has 0 bridgehead atoms. The van der Waals surface area contributed by atoms with E-state index in [0.717, 1.165) is 37.5 Å². The maximum atomic E-state index is 12.2. The molecule has 0 spiro atoms. The summed E-state index contributed by atoms with van der Waals surface area (Å²) in [5.41, 5.74) is 0.845.